The van der Waals surface area contributed by atoms with Crippen LogP contribution in [0.3, 0.4) is 0 Å². The highest BCUT2D eigenvalue weighted by Crippen LogP contribution is 2.41. The molecule has 0 unspecified atom stereocenters. The number of nitrogens with zero attached hydrogens (tertiary/aromatic N) is 2. The Bertz CT molecular complexity index is 1340. The van der Waals surface area contributed by atoms with Crippen LogP contribution in [0.15, 0.2) is 66.9 Å². The van der Waals surface area contributed by atoms with E-state index in [-0.39, 0.29) is 0 Å². The average molecular weight is 407 g/mol. The molecular formula is C29H30N2. The molecule has 0 aliphatic rings. The van der Waals surface area contributed by atoms with E-state index >= 15 is 0 Å². The number of rotatable bonds is 7. The summed E-state index contributed by atoms with van der Waals surface area (Å²) >= 11 is 0. The zero-order valence-corrected chi connectivity index (χ0v) is 18.8. The lowest BCUT2D eigenvalue weighted by Gasteiger charge is -2.29. The van der Waals surface area contributed by atoms with E-state index in [0.717, 1.165) is 12.2 Å². The van der Waals surface area contributed by atoms with Crippen molar-refractivity contribution in [3.63, 3.8) is 0 Å². The van der Waals surface area contributed by atoms with Crippen LogP contribution in [0, 0.1) is 13.8 Å². The lowest BCUT2D eigenvalue weighted by atomic mass is 9.93. The summed E-state index contributed by atoms with van der Waals surface area (Å²) in [6.07, 6.45) is 6.96. The van der Waals surface area contributed by atoms with Crippen molar-refractivity contribution in [2.75, 3.05) is 11.4 Å². The van der Waals surface area contributed by atoms with Crippen LogP contribution in [0.1, 0.15) is 43.9 Å². The van der Waals surface area contributed by atoms with Gasteiger partial charge in [-0.05, 0) is 64.9 Å². The molecule has 156 valence electrons. The van der Waals surface area contributed by atoms with Gasteiger partial charge in [0.15, 0.2) is 0 Å². The van der Waals surface area contributed by atoms with E-state index in [1.54, 1.807) is 0 Å². The van der Waals surface area contributed by atoms with Crippen molar-refractivity contribution in [2.24, 2.45) is 0 Å². The average Bonchev–Trinajstić information content (AvgIpc) is 2.80. The highest BCUT2D eigenvalue weighted by molar-refractivity contribution is 6.25. The SMILES string of the molecule is CCCCCCN(c1ccnc(C)c1C)c1ccc2ccc3cccc4ccc1c2c34. The summed E-state index contributed by atoms with van der Waals surface area (Å²) in [4.78, 5) is 7.06. The van der Waals surface area contributed by atoms with Crippen molar-refractivity contribution in [3.8, 4) is 0 Å². The number of aryl methyl sites for hydroxylation is 1. The number of hydrogen-bond donors (Lipinski definition) is 0. The molecule has 0 amide bonds. The van der Waals surface area contributed by atoms with Crippen LogP contribution in [0.5, 0.6) is 0 Å². The molecule has 1 heterocycles. The van der Waals surface area contributed by atoms with Crippen molar-refractivity contribution in [3.05, 3.63) is 78.1 Å². The predicted octanol–water partition coefficient (Wildman–Crippen LogP) is 8.31. The molecule has 2 heteroatoms. The Labute approximate surface area is 184 Å². The Morgan fingerprint density at radius 1 is 0.710 bits per heavy atom. The maximum atomic E-state index is 4.53. The minimum Gasteiger partial charge on any atom is -0.341 e. The fourth-order valence-electron chi connectivity index (χ4n) is 4.94. The third kappa shape index (κ3) is 3.40. The minimum absolute atomic E-state index is 1.02. The highest BCUT2D eigenvalue weighted by atomic mass is 15.1. The zero-order chi connectivity index (χ0) is 21.4. The first kappa shape index (κ1) is 19.8. The summed E-state index contributed by atoms with van der Waals surface area (Å²) in [5.41, 5.74) is 4.95. The summed E-state index contributed by atoms with van der Waals surface area (Å²) in [6.45, 7) is 7.61. The second kappa shape index (κ2) is 8.19. The van der Waals surface area contributed by atoms with Crippen molar-refractivity contribution < 1.29 is 0 Å². The molecule has 0 bridgehead atoms. The van der Waals surface area contributed by atoms with Crippen molar-refractivity contribution in [1.82, 2.24) is 4.98 Å². The first-order valence-electron chi connectivity index (χ1n) is 11.6. The van der Waals surface area contributed by atoms with Gasteiger partial charge in [0.2, 0.25) is 0 Å². The molecule has 0 atom stereocenters. The second-order valence-corrected chi connectivity index (χ2v) is 8.69. The molecule has 1 aromatic heterocycles. The molecule has 0 spiro atoms. The molecule has 2 nitrogen and oxygen atoms in total. The lowest BCUT2D eigenvalue weighted by molar-refractivity contribution is 0.668. The topological polar surface area (TPSA) is 16.1 Å². The fraction of sp³-hybridized carbons (Fsp3) is 0.276. The molecule has 5 rings (SSSR count). The molecule has 0 fully saturated rings. The molecule has 0 saturated heterocycles. The largest absolute Gasteiger partial charge is 0.341 e. The van der Waals surface area contributed by atoms with E-state index in [1.807, 2.05) is 6.20 Å². The molecule has 0 N–H and O–H groups in total. The van der Waals surface area contributed by atoms with Crippen molar-refractivity contribution >= 4 is 43.7 Å². The van der Waals surface area contributed by atoms with E-state index in [2.05, 4.69) is 91.3 Å². The van der Waals surface area contributed by atoms with Gasteiger partial charge in [0, 0.05) is 35.2 Å². The van der Waals surface area contributed by atoms with Gasteiger partial charge in [-0.2, -0.15) is 0 Å². The van der Waals surface area contributed by atoms with Crippen LogP contribution in [0.4, 0.5) is 11.4 Å². The van der Waals surface area contributed by atoms with Crippen molar-refractivity contribution in [2.45, 2.75) is 46.5 Å². The van der Waals surface area contributed by atoms with Crippen molar-refractivity contribution in [1.29, 1.82) is 0 Å². The quantitative estimate of drug-likeness (QED) is 0.199. The summed E-state index contributed by atoms with van der Waals surface area (Å²) in [7, 11) is 0. The van der Waals surface area contributed by atoms with E-state index in [1.165, 1.54) is 74.9 Å². The first-order valence-corrected chi connectivity index (χ1v) is 11.6. The third-order valence-electron chi connectivity index (χ3n) is 6.75. The van der Waals surface area contributed by atoms with Gasteiger partial charge < -0.3 is 4.90 Å². The summed E-state index contributed by atoms with van der Waals surface area (Å²) < 4.78 is 0. The van der Waals surface area contributed by atoms with Gasteiger partial charge in [0.1, 0.15) is 0 Å². The van der Waals surface area contributed by atoms with E-state index in [9.17, 15) is 0 Å². The van der Waals surface area contributed by atoms with Gasteiger partial charge in [-0.25, -0.2) is 0 Å². The Balaban J connectivity index is 1.73. The third-order valence-corrected chi connectivity index (χ3v) is 6.75. The molecule has 31 heavy (non-hydrogen) atoms. The number of aromatic nitrogens is 1. The van der Waals surface area contributed by atoms with Crippen LogP contribution in [0.2, 0.25) is 0 Å². The summed E-state index contributed by atoms with van der Waals surface area (Å²) in [5.74, 6) is 0. The number of benzene rings is 4. The highest BCUT2D eigenvalue weighted by Gasteiger charge is 2.18. The molecule has 5 aromatic rings. The second-order valence-electron chi connectivity index (χ2n) is 8.69. The fourth-order valence-corrected chi connectivity index (χ4v) is 4.94. The Morgan fingerprint density at radius 3 is 2.19 bits per heavy atom. The van der Waals surface area contributed by atoms with Crippen LogP contribution in [0.25, 0.3) is 32.3 Å². The van der Waals surface area contributed by atoms with Gasteiger partial charge in [0.05, 0.1) is 0 Å². The standard InChI is InChI=1S/C29H30N2/c1-4-5-6-7-19-31(26-17-18-30-21(3)20(26)2)27-16-14-24-12-11-22-9-8-10-23-13-15-25(27)29(24)28(22)23/h8-18H,4-7,19H2,1-3H3. The van der Waals surface area contributed by atoms with E-state index < -0.39 is 0 Å². The van der Waals surface area contributed by atoms with Gasteiger partial charge in [-0.15, -0.1) is 0 Å². The Hall–Kier alpha value is -3.13. The Kier molecular flexibility index (Phi) is 5.23. The minimum atomic E-state index is 1.02. The summed E-state index contributed by atoms with van der Waals surface area (Å²) in [6, 6.07) is 22.5. The van der Waals surface area contributed by atoms with Crippen LogP contribution >= 0.6 is 0 Å². The van der Waals surface area contributed by atoms with Gasteiger partial charge in [-0.1, -0.05) is 74.7 Å². The Morgan fingerprint density at radius 2 is 1.42 bits per heavy atom. The van der Waals surface area contributed by atoms with Crippen LogP contribution in [-0.4, -0.2) is 11.5 Å². The maximum absolute atomic E-state index is 4.53. The molecule has 0 saturated carbocycles. The van der Waals surface area contributed by atoms with Gasteiger partial charge >= 0.3 is 0 Å². The molecule has 4 aromatic carbocycles. The van der Waals surface area contributed by atoms with E-state index in [0.29, 0.717) is 0 Å². The monoisotopic (exact) mass is 406 g/mol. The molecular weight excluding hydrogens is 376 g/mol. The number of unbranched alkanes of at least 4 members (excludes halogenated alkanes) is 3. The predicted molar refractivity (Wildman–Crippen MR) is 135 cm³/mol. The smallest absolute Gasteiger partial charge is 0.0491 e. The number of pyridine rings is 1. The maximum Gasteiger partial charge on any atom is 0.0491 e. The van der Waals surface area contributed by atoms with Crippen LogP contribution in [-0.2, 0) is 0 Å². The molecule has 0 radical (unpaired) electrons. The molecule has 0 aliphatic carbocycles. The van der Waals surface area contributed by atoms with Gasteiger partial charge in [-0.3, -0.25) is 4.98 Å². The van der Waals surface area contributed by atoms with Gasteiger partial charge in [0.25, 0.3) is 0 Å². The molecule has 0 aliphatic heterocycles. The zero-order valence-electron chi connectivity index (χ0n) is 18.8. The number of hydrogen-bond acceptors (Lipinski definition) is 2. The lowest BCUT2D eigenvalue weighted by Crippen LogP contribution is -2.20. The van der Waals surface area contributed by atoms with Crippen LogP contribution < -0.4 is 4.90 Å². The first-order chi connectivity index (χ1) is 15.2. The normalized spacial score (nSPS) is 11.7. The van der Waals surface area contributed by atoms with E-state index in [4.69, 9.17) is 0 Å². The summed E-state index contributed by atoms with van der Waals surface area (Å²) in [5, 5.41) is 8.06. The number of anilines is 2.